The van der Waals surface area contributed by atoms with E-state index in [1.165, 1.54) is 6.42 Å². The number of carbonyl (C=O) groups is 1. The predicted molar refractivity (Wildman–Crippen MR) is 79.6 cm³/mol. The lowest BCUT2D eigenvalue weighted by Crippen LogP contribution is -2.52. The molecule has 0 atom stereocenters. The minimum atomic E-state index is -0.462. The first-order valence-electron chi connectivity index (χ1n) is 7.38. The highest BCUT2D eigenvalue weighted by Gasteiger charge is 2.33. The summed E-state index contributed by atoms with van der Waals surface area (Å²) in [5.41, 5.74) is 6.50. The molecule has 0 saturated heterocycles. The van der Waals surface area contributed by atoms with Crippen molar-refractivity contribution in [1.29, 1.82) is 0 Å². The lowest BCUT2D eigenvalue weighted by Gasteiger charge is -2.36. The van der Waals surface area contributed by atoms with Gasteiger partial charge in [0.25, 0.3) is 5.91 Å². The molecule has 1 aliphatic rings. The van der Waals surface area contributed by atoms with Gasteiger partial charge in [0.1, 0.15) is 5.69 Å². The van der Waals surface area contributed by atoms with Gasteiger partial charge in [0.2, 0.25) is 0 Å². The minimum absolute atomic E-state index is 0.00336. The number of rotatable bonds is 4. The number of aliphatic hydroxyl groups is 1. The van der Waals surface area contributed by atoms with Crippen LogP contribution >= 0.6 is 0 Å². The van der Waals surface area contributed by atoms with Crippen molar-refractivity contribution in [3.05, 3.63) is 18.0 Å². The monoisotopic (exact) mass is 279 g/mol. The predicted octanol–water partition coefficient (Wildman–Crippen LogP) is 2.08. The van der Waals surface area contributed by atoms with Gasteiger partial charge in [0.15, 0.2) is 0 Å². The van der Waals surface area contributed by atoms with Crippen molar-refractivity contribution in [2.75, 3.05) is 12.3 Å². The van der Waals surface area contributed by atoms with Gasteiger partial charge in [0, 0.05) is 12.2 Å². The lowest BCUT2D eigenvalue weighted by atomic mass is 9.82. The number of nitrogen functional groups attached to an aromatic ring is 1. The van der Waals surface area contributed by atoms with E-state index in [1.54, 1.807) is 12.3 Å². The third kappa shape index (κ3) is 2.98. The van der Waals surface area contributed by atoms with Crippen LogP contribution in [0.15, 0.2) is 12.3 Å². The van der Waals surface area contributed by atoms with E-state index in [9.17, 15) is 9.90 Å². The van der Waals surface area contributed by atoms with E-state index < -0.39 is 5.54 Å². The van der Waals surface area contributed by atoms with Gasteiger partial charge in [-0.2, -0.15) is 0 Å². The Labute approximate surface area is 120 Å². The Bertz CT molecular complexity index is 473. The van der Waals surface area contributed by atoms with E-state index in [4.69, 9.17) is 5.73 Å². The molecule has 1 amide bonds. The average molecular weight is 279 g/mol. The molecule has 1 aliphatic carbocycles. The molecule has 0 unspecified atom stereocenters. The van der Waals surface area contributed by atoms with Crippen molar-refractivity contribution in [2.24, 2.45) is 0 Å². The van der Waals surface area contributed by atoms with Crippen LogP contribution in [0.5, 0.6) is 0 Å². The fourth-order valence-corrected chi connectivity index (χ4v) is 2.97. The molecule has 4 N–H and O–H groups in total. The van der Waals surface area contributed by atoms with Gasteiger partial charge in [-0.1, -0.05) is 19.3 Å². The summed E-state index contributed by atoms with van der Waals surface area (Å²) in [4.78, 5) is 12.5. The summed E-state index contributed by atoms with van der Waals surface area (Å²) in [6, 6.07) is 1.87. The maximum Gasteiger partial charge on any atom is 0.268 e. The second-order valence-electron chi connectivity index (χ2n) is 6.11. The number of anilines is 1. The molecule has 2 rings (SSSR count). The summed E-state index contributed by atoms with van der Waals surface area (Å²) >= 11 is 0. The number of nitrogens with two attached hydrogens (primary N) is 1. The zero-order valence-electron chi connectivity index (χ0n) is 12.4. The van der Waals surface area contributed by atoms with Crippen LogP contribution in [0.2, 0.25) is 0 Å². The van der Waals surface area contributed by atoms with Crippen molar-refractivity contribution in [1.82, 2.24) is 9.88 Å². The molecule has 112 valence electrons. The van der Waals surface area contributed by atoms with E-state index in [0.29, 0.717) is 11.4 Å². The van der Waals surface area contributed by atoms with Crippen molar-refractivity contribution in [2.45, 2.75) is 57.5 Å². The second-order valence-corrected chi connectivity index (χ2v) is 6.11. The number of nitrogens with one attached hydrogen (secondary N) is 1. The van der Waals surface area contributed by atoms with Gasteiger partial charge < -0.3 is 20.7 Å². The molecule has 1 fully saturated rings. The number of hydrogen-bond donors (Lipinski definition) is 3. The van der Waals surface area contributed by atoms with Crippen LogP contribution in [0.3, 0.4) is 0 Å². The van der Waals surface area contributed by atoms with Gasteiger partial charge in [-0.3, -0.25) is 4.79 Å². The van der Waals surface area contributed by atoms with Gasteiger partial charge in [-0.05, 0) is 32.8 Å². The van der Waals surface area contributed by atoms with Crippen LogP contribution in [0.25, 0.3) is 0 Å². The first kappa shape index (κ1) is 14.9. The number of aliphatic hydroxyl groups excluding tert-OH is 1. The third-order valence-corrected chi connectivity index (χ3v) is 4.15. The largest absolute Gasteiger partial charge is 0.397 e. The fraction of sp³-hybridized carbons (Fsp3) is 0.667. The van der Waals surface area contributed by atoms with Crippen LogP contribution in [-0.2, 0) is 0 Å². The molecule has 1 aromatic rings. The molecule has 1 heterocycles. The molecule has 5 nitrogen and oxygen atoms in total. The molecular weight excluding hydrogens is 254 g/mol. The zero-order valence-corrected chi connectivity index (χ0v) is 12.4. The molecule has 20 heavy (non-hydrogen) atoms. The van der Waals surface area contributed by atoms with Crippen molar-refractivity contribution in [3.63, 3.8) is 0 Å². The summed E-state index contributed by atoms with van der Waals surface area (Å²) in [6.45, 7) is 4.02. The Balaban J connectivity index is 2.19. The lowest BCUT2D eigenvalue weighted by molar-refractivity contribution is 0.0748. The highest BCUT2D eigenvalue weighted by molar-refractivity contribution is 5.94. The Morgan fingerprint density at radius 3 is 2.65 bits per heavy atom. The molecule has 0 bridgehead atoms. The fourth-order valence-electron chi connectivity index (χ4n) is 2.97. The molecule has 0 aromatic carbocycles. The Morgan fingerprint density at radius 2 is 2.10 bits per heavy atom. The van der Waals surface area contributed by atoms with Crippen LogP contribution in [-0.4, -0.2) is 27.7 Å². The number of nitrogens with zero attached hydrogens (tertiary/aromatic N) is 1. The van der Waals surface area contributed by atoms with Crippen molar-refractivity contribution >= 4 is 11.6 Å². The summed E-state index contributed by atoms with van der Waals surface area (Å²) in [5.74, 6) is -0.147. The normalized spacial score (nSPS) is 18.2. The summed E-state index contributed by atoms with van der Waals surface area (Å²) in [5, 5.41) is 12.7. The van der Waals surface area contributed by atoms with E-state index in [0.717, 1.165) is 25.7 Å². The van der Waals surface area contributed by atoms with Gasteiger partial charge in [0.05, 0.1) is 17.8 Å². The summed E-state index contributed by atoms with van der Waals surface area (Å²) in [6.07, 6.45) is 6.74. The number of hydrogen-bond acceptors (Lipinski definition) is 3. The van der Waals surface area contributed by atoms with E-state index in [-0.39, 0.29) is 18.6 Å². The first-order valence-corrected chi connectivity index (χ1v) is 7.38. The summed E-state index contributed by atoms with van der Waals surface area (Å²) < 4.78 is 1.87. The van der Waals surface area contributed by atoms with Crippen molar-refractivity contribution in [3.8, 4) is 0 Å². The number of aromatic nitrogens is 1. The Morgan fingerprint density at radius 1 is 1.45 bits per heavy atom. The topological polar surface area (TPSA) is 80.3 Å². The standard InChI is InChI=1S/C15H25N3O2/c1-11(2)18-9-12(16)8-13(18)14(20)17-15(10-19)6-4-3-5-7-15/h8-9,11,19H,3-7,10,16H2,1-2H3,(H,17,20). The maximum atomic E-state index is 12.5. The van der Waals surface area contributed by atoms with Crippen LogP contribution in [0, 0.1) is 0 Å². The molecule has 0 aliphatic heterocycles. The number of amides is 1. The number of carbonyl (C=O) groups excluding carboxylic acids is 1. The smallest absolute Gasteiger partial charge is 0.268 e. The molecule has 5 heteroatoms. The highest BCUT2D eigenvalue weighted by atomic mass is 16.3. The SMILES string of the molecule is CC(C)n1cc(N)cc1C(=O)NC1(CO)CCCCC1. The van der Waals surface area contributed by atoms with Gasteiger partial charge >= 0.3 is 0 Å². The van der Waals surface area contributed by atoms with Gasteiger partial charge in [-0.15, -0.1) is 0 Å². The van der Waals surface area contributed by atoms with Crippen molar-refractivity contribution < 1.29 is 9.90 Å². The van der Waals surface area contributed by atoms with Gasteiger partial charge in [-0.25, -0.2) is 0 Å². The quantitative estimate of drug-likeness (QED) is 0.789. The molecule has 1 aromatic heterocycles. The Hall–Kier alpha value is -1.49. The minimum Gasteiger partial charge on any atom is -0.397 e. The average Bonchev–Trinajstić information content (AvgIpc) is 2.82. The summed E-state index contributed by atoms with van der Waals surface area (Å²) in [7, 11) is 0. The van der Waals surface area contributed by atoms with Crippen LogP contribution in [0.1, 0.15) is 62.5 Å². The molecule has 0 radical (unpaired) electrons. The second kappa shape index (κ2) is 5.87. The van der Waals surface area contributed by atoms with Crippen LogP contribution in [0.4, 0.5) is 5.69 Å². The molecule has 1 saturated carbocycles. The maximum absolute atomic E-state index is 12.5. The molecular formula is C15H25N3O2. The molecule has 0 spiro atoms. The first-order chi connectivity index (χ1) is 9.47. The van der Waals surface area contributed by atoms with E-state index in [2.05, 4.69) is 5.32 Å². The highest BCUT2D eigenvalue weighted by Crippen LogP contribution is 2.28. The Kier molecular flexibility index (Phi) is 4.38. The third-order valence-electron chi connectivity index (χ3n) is 4.15. The zero-order chi connectivity index (χ0) is 14.8. The van der Waals surface area contributed by atoms with E-state index in [1.807, 2.05) is 18.4 Å². The van der Waals surface area contributed by atoms with E-state index >= 15 is 0 Å². The van der Waals surface area contributed by atoms with Crippen LogP contribution < -0.4 is 11.1 Å².